The van der Waals surface area contributed by atoms with E-state index in [0.717, 1.165) is 10.9 Å². The maximum atomic E-state index is 12.4. The maximum absolute atomic E-state index is 12.4. The summed E-state index contributed by atoms with van der Waals surface area (Å²) >= 11 is 1.57. The Morgan fingerprint density at radius 3 is 2.70 bits per heavy atom. The Bertz CT molecular complexity index is 878. The van der Waals surface area contributed by atoms with Crippen LogP contribution in [0, 0.1) is 6.92 Å². The summed E-state index contributed by atoms with van der Waals surface area (Å²) in [5, 5.41) is 3.45. The van der Waals surface area contributed by atoms with Gasteiger partial charge in [-0.25, -0.2) is 9.59 Å². The number of fused-ring (bicyclic) bond motifs is 1. The third kappa shape index (κ3) is 5.50. The monoisotopic (exact) mass is 393 g/mol. The molecule has 8 heteroatoms. The van der Waals surface area contributed by atoms with Gasteiger partial charge in [-0.2, -0.15) is 11.8 Å². The van der Waals surface area contributed by atoms with Gasteiger partial charge in [-0.1, -0.05) is 0 Å². The standard InChI is InChI=1S/C19H23NO6S/c1-11-9-17(21)26-16-10-13(5-6-14(11)16)25-12(2)18(22)20-15(7-8-27-4)19(23)24-3/h5-6,9-10,12,15H,7-8H2,1-4H3,(H,20,22)/t12-,15+/m0/s1. The van der Waals surface area contributed by atoms with Gasteiger partial charge in [-0.3, -0.25) is 4.79 Å². The van der Waals surface area contributed by atoms with E-state index >= 15 is 0 Å². The van der Waals surface area contributed by atoms with Crippen LogP contribution in [-0.2, 0) is 14.3 Å². The lowest BCUT2D eigenvalue weighted by atomic mass is 10.1. The Labute approximate surface area is 161 Å². The molecule has 0 aliphatic rings. The van der Waals surface area contributed by atoms with Crippen molar-refractivity contribution in [3.05, 3.63) is 40.2 Å². The van der Waals surface area contributed by atoms with E-state index < -0.39 is 29.6 Å². The number of amides is 1. The van der Waals surface area contributed by atoms with Crippen molar-refractivity contribution in [1.29, 1.82) is 0 Å². The van der Waals surface area contributed by atoms with Crippen molar-refractivity contribution in [1.82, 2.24) is 5.32 Å². The first-order valence-electron chi connectivity index (χ1n) is 8.44. The predicted molar refractivity (Wildman–Crippen MR) is 104 cm³/mol. The predicted octanol–water partition coefficient (Wildman–Crippen LogP) is 2.28. The molecular weight excluding hydrogens is 370 g/mol. The molecule has 2 atom stereocenters. The van der Waals surface area contributed by atoms with E-state index in [0.29, 0.717) is 23.5 Å². The van der Waals surface area contributed by atoms with E-state index in [-0.39, 0.29) is 0 Å². The Morgan fingerprint density at radius 2 is 2.04 bits per heavy atom. The molecular formula is C19H23NO6S. The molecule has 0 aliphatic carbocycles. The van der Waals surface area contributed by atoms with Gasteiger partial charge in [0.05, 0.1) is 7.11 Å². The van der Waals surface area contributed by atoms with Crippen molar-refractivity contribution in [2.24, 2.45) is 0 Å². The summed E-state index contributed by atoms with van der Waals surface area (Å²) in [7, 11) is 1.28. The lowest BCUT2D eigenvalue weighted by Crippen LogP contribution is -2.47. The van der Waals surface area contributed by atoms with Crippen LogP contribution in [0.1, 0.15) is 18.9 Å². The first-order chi connectivity index (χ1) is 12.8. The molecule has 0 bridgehead atoms. The Balaban J connectivity index is 2.09. The molecule has 146 valence electrons. The van der Waals surface area contributed by atoms with E-state index in [1.807, 2.05) is 13.2 Å². The van der Waals surface area contributed by atoms with E-state index in [4.69, 9.17) is 13.9 Å². The summed E-state index contributed by atoms with van der Waals surface area (Å²) in [6, 6.07) is 5.73. The molecule has 0 saturated heterocycles. The minimum Gasteiger partial charge on any atom is -0.481 e. The van der Waals surface area contributed by atoms with Crippen LogP contribution in [0.15, 0.2) is 33.5 Å². The van der Waals surface area contributed by atoms with E-state index in [1.54, 1.807) is 36.9 Å². The molecule has 0 aliphatic heterocycles. The van der Waals surface area contributed by atoms with E-state index in [9.17, 15) is 14.4 Å². The van der Waals surface area contributed by atoms with Crippen LogP contribution in [0.4, 0.5) is 0 Å². The number of esters is 1. The summed E-state index contributed by atoms with van der Waals surface area (Å²) in [6.45, 7) is 3.40. The molecule has 1 aromatic heterocycles. The molecule has 27 heavy (non-hydrogen) atoms. The zero-order valence-electron chi connectivity index (χ0n) is 15.7. The quantitative estimate of drug-likeness (QED) is 0.543. The highest BCUT2D eigenvalue weighted by Gasteiger charge is 2.24. The summed E-state index contributed by atoms with van der Waals surface area (Å²) in [4.78, 5) is 35.7. The van der Waals surface area contributed by atoms with Crippen LogP contribution in [0.25, 0.3) is 11.0 Å². The summed E-state index contributed by atoms with van der Waals surface area (Å²) in [6.07, 6.45) is 1.54. The molecule has 0 radical (unpaired) electrons. The fraction of sp³-hybridized carbons (Fsp3) is 0.421. The molecule has 7 nitrogen and oxygen atoms in total. The minimum absolute atomic E-state index is 0.387. The zero-order valence-corrected chi connectivity index (χ0v) is 16.6. The van der Waals surface area contributed by atoms with Crippen LogP contribution in [0.2, 0.25) is 0 Å². The minimum atomic E-state index is -0.847. The number of rotatable bonds is 8. The number of aryl methyl sites for hydroxylation is 1. The van der Waals surface area contributed by atoms with Gasteiger partial charge in [0, 0.05) is 17.5 Å². The lowest BCUT2D eigenvalue weighted by molar-refractivity contribution is -0.146. The Hall–Kier alpha value is -2.48. The Morgan fingerprint density at radius 1 is 1.30 bits per heavy atom. The molecule has 1 aromatic carbocycles. The smallest absolute Gasteiger partial charge is 0.336 e. The SMILES string of the molecule is COC(=O)[C@@H](CCSC)NC(=O)[C@H](C)Oc1ccc2c(C)cc(=O)oc2c1. The highest BCUT2D eigenvalue weighted by molar-refractivity contribution is 7.98. The second kappa shape index (κ2) is 9.45. The summed E-state index contributed by atoms with van der Waals surface area (Å²) in [5.41, 5.74) is 0.739. The maximum Gasteiger partial charge on any atom is 0.336 e. The third-order valence-electron chi connectivity index (χ3n) is 4.02. The average molecular weight is 393 g/mol. The Kier molecular flexibility index (Phi) is 7.29. The van der Waals surface area contributed by atoms with Gasteiger partial charge in [0.2, 0.25) is 0 Å². The number of thioether (sulfide) groups is 1. The largest absolute Gasteiger partial charge is 0.481 e. The van der Waals surface area contributed by atoms with Crippen molar-refractivity contribution < 1.29 is 23.5 Å². The number of benzene rings is 1. The van der Waals surface area contributed by atoms with Gasteiger partial charge in [0.15, 0.2) is 6.10 Å². The van der Waals surface area contributed by atoms with Gasteiger partial charge in [-0.15, -0.1) is 0 Å². The lowest BCUT2D eigenvalue weighted by Gasteiger charge is -2.20. The van der Waals surface area contributed by atoms with Crippen molar-refractivity contribution in [2.75, 3.05) is 19.1 Å². The summed E-state index contributed by atoms with van der Waals surface area (Å²) < 4.78 is 15.6. The second-order valence-electron chi connectivity index (χ2n) is 6.03. The van der Waals surface area contributed by atoms with Gasteiger partial charge in [0.1, 0.15) is 17.4 Å². The molecule has 2 rings (SSSR count). The van der Waals surface area contributed by atoms with Gasteiger partial charge in [0.25, 0.3) is 5.91 Å². The van der Waals surface area contributed by atoms with Gasteiger partial charge < -0.3 is 19.2 Å². The highest BCUT2D eigenvalue weighted by Crippen LogP contribution is 2.23. The molecule has 0 spiro atoms. The fourth-order valence-electron chi connectivity index (χ4n) is 2.55. The normalized spacial score (nSPS) is 13.0. The number of methoxy groups -OCH3 is 1. The number of carbonyl (C=O) groups excluding carboxylic acids is 2. The van der Waals surface area contributed by atoms with E-state index in [2.05, 4.69) is 5.32 Å². The summed E-state index contributed by atoms with van der Waals surface area (Å²) in [5.74, 6) is 0.167. The van der Waals surface area contributed by atoms with Crippen molar-refractivity contribution in [3.8, 4) is 5.75 Å². The van der Waals surface area contributed by atoms with Crippen LogP contribution in [0.5, 0.6) is 5.75 Å². The molecule has 2 aromatic rings. The number of hydrogen-bond donors (Lipinski definition) is 1. The molecule has 1 heterocycles. The first kappa shape index (κ1) is 20.8. The zero-order chi connectivity index (χ0) is 20.0. The third-order valence-corrected chi connectivity index (χ3v) is 4.66. The van der Waals surface area contributed by atoms with Crippen molar-refractivity contribution in [3.63, 3.8) is 0 Å². The molecule has 1 N–H and O–H groups in total. The number of carbonyl (C=O) groups is 2. The molecule has 0 unspecified atom stereocenters. The van der Waals surface area contributed by atoms with Gasteiger partial charge in [-0.05, 0) is 50.0 Å². The number of nitrogens with one attached hydrogen (secondary N) is 1. The topological polar surface area (TPSA) is 94.8 Å². The molecule has 0 saturated carbocycles. The van der Waals surface area contributed by atoms with Gasteiger partial charge >= 0.3 is 11.6 Å². The fourth-order valence-corrected chi connectivity index (χ4v) is 3.02. The van der Waals surface area contributed by atoms with Crippen LogP contribution < -0.4 is 15.7 Å². The molecule has 0 fully saturated rings. The van der Waals surface area contributed by atoms with Crippen LogP contribution in [0.3, 0.4) is 0 Å². The van der Waals surface area contributed by atoms with E-state index in [1.165, 1.54) is 13.2 Å². The molecule has 1 amide bonds. The average Bonchev–Trinajstić information content (AvgIpc) is 2.63. The number of hydrogen-bond acceptors (Lipinski definition) is 7. The van der Waals surface area contributed by atoms with Crippen LogP contribution >= 0.6 is 11.8 Å². The second-order valence-corrected chi connectivity index (χ2v) is 7.02. The highest BCUT2D eigenvalue weighted by atomic mass is 32.2. The van der Waals surface area contributed by atoms with Crippen molar-refractivity contribution >= 4 is 34.6 Å². The first-order valence-corrected chi connectivity index (χ1v) is 9.83. The van der Waals surface area contributed by atoms with Crippen molar-refractivity contribution in [2.45, 2.75) is 32.4 Å². The van der Waals surface area contributed by atoms with Crippen LogP contribution in [-0.4, -0.2) is 43.1 Å². The number of ether oxygens (including phenoxy) is 2.